The summed E-state index contributed by atoms with van der Waals surface area (Å²) in [5.41, 5.74) is 3.70. The molecule has 11 nitrogen and oxygen atoms in total. The van der Waals surface area contributed by atoms with Crippen LogP contribution in [0.25, 0.3) is 5.69 Å². The summed E-state index contributed by atoms with van der Waals surface area (Å²) in [5.74, 6) is -0.335. The second-order valence-electron chi connectivity index (χ2n) is 12.4. The monoisotopic (exact) mass is 703 g/mol. The van der Waals surface area contributed by atoms with Crippen molar-refractivity contribution in [2.75, 3.05) is 49.2 Å². The molecule has 5 aromatic rings. The molecular formula is C36H39Cl2N7O4. The molecule has 2 fully saturated rings. The fourth-order valence-electron chi connectivity index (χ4n) is 6.33. The van der Waals surface area contributed by atoms with Crippen LogP contribution in [0.5, 0.6) is 5.75 Å². The van der Waals surface area contributed by atoms with Crippen molar-refractivity contribution in [3.8, 4) is 11.4 Å². The molecule has 0 unspecified atom stereocenters. The summed E-state index contributed by atoms with van der Waals surface area (Å²) in [6.45, 7) is 8.66. The molecule has 2 aliphatic heterocycles. The highest BCUT2D eigenvalue weighted by molar-refractivity contribution is 6.35. The topological polar surface area (TPSA) is 91.8 Å². The van der Waals surface area contributed by atoms with Crippen LogP contribution < -0.4 is 20.2 Å². The zero-order chi connectivity index (χ0) is 34.0. The molecular weight excluding hydrogens is 665 g/mol. The lowest BCUT2D eigenvalue weighted by Crippen LogP contribution is -2.46. The van der Waals surface area contributed by atoms with Crippen molar-refractivity contribution < 1.29 is 14.2 Å². The fraction of sp³-hybridized carbons (Fsp3) is 0.361. The molecule has 2 aromatic heterocycles. The molecule has 0 N–H and O–H groups in total. The van der Waals surface area contributed by atoms with E-state index in [9.17, 15) is 4.79 Å². The van der Waals surface area contributed by atoms with Crippen LogP contribution in [-0.4, -0.2) is 69.4 Å². The normalized spacial score (nSPS) is 20.1. The van der Waals surface area contributed by atoms with E-state index in [4.69, 9.17) is 37.4 Å². The van der Waals surface area contributed by atoms with Crippen molar-refractivity contribution >= 4 is 34.6 Å². The van der Waals surface area contributed by atoms with E-state index in [1.807, 2.05) is 54.9 Å². The zero-order valence-corrected chi connectivity index (χ0v) is 29.0. The summed E-state index contributed by atoms with van der Waals surface area (Å²) in [6.07, 6.45) is 7.44. The van der Waals surface area contributed by atoms with Crippen LogP contribution in [0.1, 0.15) is 31.9 Å². The molecule has 49 heavy (non-hydrogen) atoms. The zero-order valence-electron chi connectivity index (χ0n) is 27.5. The largest absolute Gasteiger partial charge is 0.491 e. The number of nitrogens with zero attached hydrogens (tertiary/aromatic N) is 7. The Labute approximate surface area is 295 Å². The highest BCUT2D eigenvalue weighted by atomic mass is 35.5. The Morgan fingerprint density at radius 2 is 1.61 bits per heavy atom. The van der Waals surface area contributed by atoms with Gasteiger partial charge in [0.15, 0.2) is 0 Å². The maximum Gasteiger partial charge on any atom is 0.350 e. The lowest BCUT2D eigenvalue weighted by atomic mass is 10.1. The van der Waals surface area contributed by atoms with Crippen LogP contribution in [0.3, 0.4) is 0 Å². The van der Waals surface area contributed by atoms with Crippen molar-refractivity contribution in [2.45, 2.75) is 44.7 Å². The first-order valence-electron chi connectivity index (χ1n) is 16.5. The van der Waals surface area contributed by atoms with Gasteiger partial charge in [-0.1, -0.05) is 36.2 Å². The number of rotatable bonds is 11. The van der Waals surface area contributed by atoms with E-state index in [1.165, 1.54) is 0 Å². The van der Waals surface area contributed by atoms with Gasteiger partial charge in [0.05, 0.1) is 36.2 Å². The van der Waals surface area contributed by atoms with Crippen LogP contribution in [0.2, 0.25) is 10.0 Å². The Bertz CT molecular complexity index is 1910. The van der Waals surface area contributed by atoms with E-state index in [0.717, 1.165) is 55.4 Å². The molecule has 0 aliphatic carbocycles. The van der Waals surface area contributed by atoms with Crippen molar-refractivity contribution in [1.29, 1.82) is 0 Å². The summed E-state index contributed by atoms with van der Waals surface area (Å²) in [4.78, 5) is 21.7. The Morgan fingerprint density at radius 3 is 2.24 bits per heavy atom. The minimum absolute atomic E-state index is 0.0662. The van der Waals surface area contributed by atoms with E-state index < -0.39 is 5.79 Å². The second kappa shape index (κ2) is 14.3. The number of aromatic nitrogens is 5. The van der Waals surface area contributed by atoms with Crippen LogP contribution in [-0.2, 0) is 21.8 Å². The first kappa shape index (κ1) is 33.2. The lowest BCUT2D eigenvalue weighted by Gasteiger charge is -2.37. The van der Waals surface area contributed by atoms with Crippen molar-refractivity contribution in [3.63, 3.8) is 0 Å². The first-order chi connectivity index (χ1) is 23.8. The molecule has 256 valence electrons. The molecule has 4 heterocycles. The molecule has 3 atom stereocenters. The molecule has 2 saturated heterocycles. The third kappa shape index (κ3) is 7.07. The number of hydrogen-bond donors (Lipinski definition) is 0. The molecule has 3 aromatic carbocycles. The Morgan fingerprint density at radius 1 is 0.939 bits per heavy atom. The minimum atomic E-state index is -1.10. The average Bonchev–Trinajstić information content (AvgIpc) is 3.88. The number of ether oxygens (including phenoxy) is 3. The molecule has 0 bridgehead atoms. The Kier molecular flexibility index (Phi) is 9.68. The van der Waals surface area contributed by atoms with Gasteiger partial charge in [-0.25, -0.2) is 19.0 Å². The van der Waals surface area contributed by atoms with Gasteiger partial charge in [-0.05, 0) is 74.0 Å². The van der Waals surface area contributed by atoms with E-state index in [0.29, 0.717) is 35.4 Å². The first-order valence-corrected chi connectivity index (χ1v) is 17.3. The lowest BCUT2D eigenvalue weighted by molar-refractivity contribution is -0.189. The van der Waals surface area contributed by atoms with Crippen LogP contribution in [0, 0.1) is 0 Å². The van der Waals surface area contributed by atoms with Gasteiger partial charge in [0.1, 0.15) is 24.8 Å². The number of hydrogen-bond acceptors (Lipinski definition) is 8. The third-order valence-electron chi connectivity index (χ3n) is 9.26. The molecule has 7 rings (SSSR count). The predicted octanol–water partition coefficient (Wildman–Crippen LogP) is 6.18. The van der Waals surface area contributed by atoms with Crippen LogP contribution in [0.4, 0.5) is 11.4 Å². The molecule has 2 aliphatic rings. The SMILES string of the molecule is CC[C@@H](C)n1ncn(-c2ccc(N3CCN(c4ccc(OC[C@@H]5CO[C@@](Cn6ccnc6)(c6ccc(Cl)cc6Cl)O5)cc4)CC3)cc2)c1=O. The standard InChI is InChI=1S/C36H39Cl2N7O4/c1-3-26(2)45-35(46)44(25-40-45)30-7-5-28(6-8-30)42-16-18-43(19-17-42)29-9-11-31(12-10-29)47-21-32-22-48-36(49-32,23-41-15-14-39-24-41)33-13-4-27(37)20-34(33)38/h4-15,20,24-26,32H,3,16-19,21-23H2,1-2H3/t26-,32-,36-/m1/s1. The van der Waals surface area contributed by atoms with E-state index in [-0.39, 0.29) is 17.8 Å². The number of benzene rings is 3. The van der Waals surface area contributed by atoms with Gasteiger partial charge in [0.2, 0.25) is 5.79 Å². The second-order valence-corrected chi connectivity index (χ2v) is 13.3. The van der Waals surface area contributed by atoms with E-state index in [2.05, 4.69) is 44.1 Å². The Hall–Kier alpha value is -4.29. The van der Waals surface area contributed by atoms with Crippen molar-refractivity contribution in [3.05, 3.63) is 118 Å². The molecule has 13 heteroatoms. The van der Waals surface area contributed by atoms with Crippen molar-refractivity contribution in [1.82, 2.24) is 23.9 Å². The van der Waals surface area contributed by atoms with Gasteiger partial charge >= 0.3 is 5.69 Å². The predicted molar refractivity (Wildman–Crippen MR) is 190 cm³/mol. The molecule has 0 saturated carbocycles. The molecule has 0 amide bonds. The van der Waals surface area contributed by atoms with E-state index in [1.54, 1.807) is 40.2 Å². The maximum absolute atomic E-state index is 12.8. The van der Waals surface area contributed by atoms with Crippen LogP contribution >= 0.6 is 23.2 Å². The average molecular weight is 705 g/mol. The van der Waals surface area contributed by atoms with Gasteiger partial charge in [-0.15, -0.1) is 0 Å². The smallest absolute Gasteiger partial charge is 0.350 e. The summed E-state index contributed by atoms with van der Waals surface area (Å²) >= 11 is 12.8. The summed E-state index contributed by atoms with van der Waals surface area (Å²) in [7, 11) is 0. The quantitative estimate of drug-likeness (QED) is 0.161. The summed E-state index contributed by atoms with van der Waals surface area (Å²) < 4.78 is 24.0. The highest BCUT2D eigenvalue weighted by Crippen LogP contribution is 2.40. The van der Waals surface area contributed by atoms with Gasteiger partial charge in [0.25, 0.3) is 0 Å². The van der Waals surface area contributed by atoms with Gasteiger partial charge < -0.3 is 28.6 Å². The summed E-state index contributed by atoms with van der Waals surface area (Å²) in [6, 6.07) is 21.7. The highest BCUT2D eigenvalue weighted by Gasteiger charge is 2.45. The van der Waals surface area contributed by atoms with Gasteiger partial charge in [-0.2, -0.15) is 5.10 Å². The molecule has 0 spiro atoms. The number of piperazine rings is 1. The number of anilines is 2. The van der Waals surface area contributed by atoms with Gasteiger partial charge in [-0.3, -0.25) is 0 Å². The number of imidazole rings is 1. The fourth-order valence-corrected chi connectivity index (χ4v) is 6.89. The summed E-state index contributed by atoms with van der Waals surface area (Å²) in [5, 5.41) is 5.32. The maximum atomic E-state index is 12.8. The molecule has 0 radical (unpaired) electrons. The van der Waals surface area contributed by atoms with Crippen molar-refractivity contribution in [2.24, 2.45) is 0 Å². The van der Waals surface area contributed by atoms with Gasteiger partial charge in [0, 0.05) is 60.5 Å². The number of halogens is 2. The van der Waals surface area contributed by atoms with Crippen LogP contribution in [0.15, 0.2) is 96.6 Å². The minimum Gasteiger partial charge on any atom is -0.491 e. The van der Waals surface area contributed by atoms with E-state index >= 15 is 0 Å². The third-order valence-corrected chi connectivity index (χ3v) is 9.81. The Balaban J connectivity index is 0.925.